The van der Waals surface area contributed by atoms with Gasteiger partial charge in [-0.2, -0.15) is 0 Å². The van der Waals surface area contributed by atoms with Gasteiger partial charge in [0.25, 0.3) is 0 Å². The van der Waals surface area contributed by atoms with E-state index in [9.17, 15) is 0 Å². The van der Waals surface area contributed by atoms with Crippen molar-refractivity contribution in [3.8, 4) is 0 Å². The van der Waals surface area contributed by atoms with E-state index in [1.807, 2.05) is 18.3 Å². The standard InChI is InChI=1S/C15H14N2/c1-17-11-13-7-2-4-8-14(13)16-10-12-6-3-5-9-15(12)17/h2-10H,11H2,1H3. The first-order chi connectivity index (χ1) is 8.34. The van der Waals surface area contributed by atoms with Crippen LogP contribution in [0.5, 0.6) is 0 Å². The molecule has 2 aromatic rings. The Balaban J connectivity index is 2.16. The third kappa shape index (κ3) is 1.82. The van der Waals surface area contributed by atoms with Crippen LogP contribution in [0.4, 0.5) is 11.4 Å². The maximum atomic E-state index is 4.57. The van der Waals surface area contributed by atoms with E-state index >= 15 is 0 Å². The second-order valence-electron chi connectivity index (χ2n) is 4.30. The minimum absolute atomic E-state index is 0.893. The molecular weight excluding hydrogens is 208 g/mol. The van der Waals surface area contributed by atoms with E-state index < -0.39 is 0 Å². The summed E-state index contributed by atoms with van der Waals surface area (Å²) in [6.07, 6.45) is 1.95. The molecular formula is C15H14N2. The summed E-state index contributed by atoms with van der Waals surface area (Å²) in [6.45, 7) is 0.893. The van der Waals surface area contributed by atoms with Gasteiger partial charge in [-0.15, -0.1) is 0 Å². The summed E-state index contributed by atoms with van der Waals surface area (Å²) in [4.78, 5) is 6.83. The van der Waals surface area contributed by atoms with Crippen LogP contribution in [0.25, 0.3) is 0 Å². The lowest BCUT2D eigenvalue weighted by Gasteiger charge is -2.23. The summed E-state index contributed by atoms with van der Waals surface area (Å²) in [7, 11) is 2.12. The summed E-state index contributed by atoms with van der Waals surface area (Å²) in [5.74, 6) is 0. The van der Waals surface area contributed by atoms with E-state index in [4.69, 9.17) is 0 Å². The molecule has 0 unspecified atom stereocenters. The molecule has 1 aliphatic heterocycles. The summed E-state index contributed by atoms with van der Waals surface area (Å²) in [5, 5.41) is 0. The smallest absolute Gasteiger partial charge is 0.0679 e. The van der Waals surface area contributed by atoms with E-state index in [1.165, 1.54) is 16.8 Å². The van der Waals surface area contributed by atoms with Crippen molar-refractivity contribution in [1.82, 2.24) is 0 Å². The minimum atomic E-state index is 0.893. The molecule has 1 heterocycles. The first-order valence-corrected chi connectivity index (χ1v) is 5.77. The molecule has 0 saturated carbocycles. The van der Waals surface area contributed by atoms with Gasteiger partial charge in [0, 0.05) is 31.1 Å². The number of nitrogens with zero attached hydrogens (tertiary/aromatic N) is 2. The van der Waals surface area contributed by atoms with Crippen molar-refractivity contribution >= 4 is 17.6 Å². The molecule has 3 rings (SSSR count). The molecule has 0 atom stereocenters. The summed E-state index contributed by atoms with van der Waals surface area (Å²) in [5.41, 5.74) is 4.73. The predicted octanol–water partition coefficient (Wildman–Crippen LogP) is 3.39. The lowest BCUT2D eigenvalue weighted by Crippen LogP contribution is -2.18. The average Bonchev–Trinajstić information content (AvgIpc) is 2.36. The Kier molecular flexibility index (Phi) is 2.41. The molecule has 0 aromatic heterocycles. The quantitative estimate of drug-likeness (QED) is 0.667. The van der Waals surface area contributed by atoms with E-state index in [1.54, 1.807) is 0 Å². The Bertz CT molecular complexity index is 573. The predicted molar refractivity (Wildman–Crippen MR) is 72.2 cm³/mol. The van der Waals surface area contributed by atoms with Crippen LogP contribution in [-0.2, 0) is 6.54 Å². The van der Waals surface area contributed by atoms with Gasteiger partial charge in [-0.05, 0) is 17.7 Å². The first-order valence-electron chi connectivity index (χ1n) is 5.77. The Morgan fingerprint density at radius 2 is 1.76 bits per heavy atom. The third-order valence-electron chi connectivity index (χ3n) is 3.09. The van der Waals surface area contributed by atoms with Gasteiger partial charge in [0.15, 0.2) is 0 Å². The largest absolute Gasteiger partial charge is 0.370 e. The second kappa shape index (κ2) is 4.06. The van der Waals surface area contributed by atoms with Crippen LogP contribution in [0.2, 0.25) is 0 Å². The maximum absolute atomic E-state index is 4.57. The molecule has 0 fully saturated rings. The Morgan fingerprint density at radius 1 is 1.00 bits per heavy atom. The Labute approximate surface area is 101 Å². The van der Waals surface area contributed by atoms with Crippen molar-refractivity contribution in [2.45, 2.75) is 6.54 Å². The van der Waals surface area contributed by atoms with Crippen LogP contribution >= 0.6 is 0 Å². The van der Waals surface area contributed by atoms with Crippen molar-refractivity contribution < 1.29 is 0 Å². The molecule has 84 valence electrons. The van der Waals surface area contributed by atoms with Gasteiger partial charge in [-0.25, -0.2) is 0 Å². The molecule has 0 spiro atoms. The molecule has 0 N–H and O–H groups in total. The average molecular weight is 222 g/mol. The van der Waals surface area contributed by atoms with Gasteiger partial charge in [0.05, 0.1) is 5.69 Å². The number of hydrogen-bond donors (Lipinski definition) is 0. The number of para-hydroxylation sites is 2. The van der Waals surface area contributed by atoms with E-state index in [2.05, 4.69) is 53.3 Å². The number of hydrogen-bond acceptors (Lipinski definition) is 2. The lowest BCUT2D eigenvalue weighted by molar-refractivity contribution is 0.919. The Hall–Kier alpha value is -2.09. The van der Waals surface area contributed by atoms with Crippen molar-refractivity contribution in [3.63, 3.8) is 0 Å². The van der Waals surface area contributed by atoms with Crippen LogP contribution in [0.3, 0.4) is 0 Å². The molecule has 0 amide bonds. The summed E-state index contributed by atoms with van der Waals surface area (Å²) in [6, 6.07) is 16.6. The van der Waals surface area contributed by atoms with Crippen LogP contribution in [0.1, 0.15) is 11.1 Å². The highest BCUT2D eigenvalue weighted by molar-refractivity contribution is 5.90. The zero-order chi connectivity index (χ0) is 11.7. The normalized spacial score (nSPS) is 13.6. The number of aliphatic imine (C=N–C) groups is 1. The van der Waals surface area contributed by atoms with E-state index in [0.29, 0.717) is 0 Å². The van der Waals surface area contributed by atoms with Gasteiger partial charge in [-0.1, -0.05) is 36.4 Å². The monoisotopic (exact) mass is 222 g/mol. The SMILES string of the molecule is CN1Cc2ccccc2N=Cc2ccccc21. The fraction of sp³-hybridized carbons (Fsp3) is 0.133. The molecule has 1 aliphatic rings. The van der Waals surface area contributed by atoms with Crippen molar-refractivity contribution in [2.24, 2.45) is 4.99 Å². The molecule has 2 nitrogen and oxygen atoms in total. The molecule has 0 radical (unpaired) electrons. The maximum Gasteiger partial charge on any atom is 0.0679 e. The zero-order valence-corrected chi connectivity index (χ0v) is 9.80. The van der Waals surface area contributed by atoms with E-state index in [-0.39, 0.29) is 0 Å². The van der Waals surface area contributed by atoms with Crippen LogP contribution in [0, 0.1) is 0 Å². The number of fused-ring (bicyclic) bond motifs is 2. The van der Waals surface area contributed by atoms with Gasteiger partial charge in [0.2, 0.25) is 0 Å². The Morgan fingerprint density at radius 3 is 2.71 bits per heavy atom. The van der Waals surface area contributed by atoms with Gasteiger partial charge in [-0.3, -0.25) is 4.99 Å². The highest BCUT2D eigenvalue weighted by atomic mass is 15.1. The van der Waals surface area contributed by atoms with Crippen LogP contribution in [-0.4, -0.2) is 13.3 Å². The fourth-order valence-electron chi connectivity index (χ4n) is 2.19. The van der Waals surface area contributed by atoms with Crippen molar-refractivity contribution in [2.75, 3.05) is 11.9 Å². The number of anilines is 1. The molecule has 17 heavy (non-hydrogen) atoms. The first kappa shape index (κ1) is 10.1. The topological polar surface area (TPSA) is 15.6 Å². The molecule has 2 heteroatoms. The van der Waals surface area contributed by atoms with Gasteiger partial charge in [0.1, 0.15) is 0 Å². The fourth-order valence-corrected chi connectivity index (χ4v) is 2.19. The molecule has 0 saturated heterocycles. The van der Waals surface area contributed by atoms with Gasteiger partial charge >= 0.3 is 0 Å². The molecule has 2 aromatic carbocycles. The highest BCUT2D eigenvalue weighted by Crippen LogP contribution is 2.27. The van der Waals surface area contributed by atoms with Crippen LogP contribution in [0.15, 0.2) is 53.5 Å². The van der Waals surface area contributed by atoms with Gasteiger partial charge < -0.3 is 4.90 Å². The zero-order valence-electron chi connectivity index (χ0n) is 9.80. The highest BCUT2D eigenvalue weighted by Gasteiger charge is 2.11. The third-order valence-corrected chi connectivity index (χ3v) is 3.09. The van der Waals surface area contributed by atoms with Crippen molar-refractivity contribution in [1.29, 1.82) is 0 Å². The van der Waals surface area contributed by atoms with Crippen molar-refractivity contribution in [3.05, 3.63) is 59.7 Å². The minimum Gasteiger partial charge on any atom is -0.370 e. The lowest BCUT2D eigenvalue weighted by atomic mass is 10.1. The van der Waals surface area contributed by atoms with E-state index in [0.717, 1.165) is 12.2 Å². The summed E-state index contributed by atoms with van der Waals surface area (Å²) >= 11 is 0. The number of rotatable bonds is 0. The molecule has 0 aliphatic carbocycles. The second-order valence-corrected chi connectivity index (χ2v) is 4.30. The summed E-state index contributed by atoms with van der Waals surface area (Å²) < 4.78 is 0. The molecule has 0 bridgehead atoms. The van der Waals surface area contributed by atoms with Crippen LogP contribution < -0.4 is 4.90 Å². The number of benzene rings is 2.